The SMILES string of the molecule is COCCNC(=NCc1ccc(N2CCOC2=O)cc1)NCC(=O)N(C)C. The summed E-state index contributed by atoms with van der Waals surface area (Å²) in [6, 6.07) is 7.58. The highest BCUT2D eigenvalue weighted by Crippen LogP contribution is 2.19. The van der Waals surface area contributed by atoms with E-state index in [1.165, 1.54) is 4.90 Å². The van der Waals surface area contributed by atoms with E-state index in [0.717, 1.165) is 11.3 Å². The summed E-state index contributed by atoms with van der Waals surface area (Å²) in [5.41, 5.74) is 1.79. The predicted octanol–water partition coefficient (Wildman–Crippen LogP) is 0.413. The van der Waals surface area contributed by atoms with Gasteiger partial charge in [0.1, 0.15) is 6.61 Å². The first-order chi connectivity index (χ1) is 13.0. The molecule has 1 aliphatic rings. The molecule has 9 heteroatoms. The fourth-order valence-electron chi connectivity index (χ4n) is 2.34. The zero-order valence-corrected chi connectivity index (χ0v) is 16.0. The van der Waals surface area contributed by atoms with Gasteiger partial charge < -0.3 is 25.0 Å². The average Bonchev–Trinajstić information content (AvgIpc) is 3.09. The van der Waals surface area contributed by atoms with Crippen LogP contribution in [0.2, 0.25) is 0 Å². The van der Waals surface area contributed by atoms with Crippen LogP contribution in [0.4, 0.5) is 10.5 Å². The summed E-state index contributed by atoms with van der Waals surface area (Å²) in [7, 11) is 5.03. The number of aliphatic imine (C=N–C) groups is 1. The summed E-state index contributed by atoms with van der Waals surface area (Å²) < 4.78 is 9.97. The summed E-state index contributed by atoms with van der Waals surface area (Å²) in [4.78, 5) is 31.0. The van der Waals surface area contributed by atoms with E-state index >= 15 is 0 Å². The Labute approximate surface area is 159 Å². The highest BCUT2D eigenvalue weighted by atomic mass is 16.6. The highest BCUT2D eigenvalue weighted by molar-refractivity contribution is 5.89. The number of hydrogen-bond donors (Lipinski definition) is 2. The maximum absolute atomic E-state index is 11.8. The number of ether oxygens (including phenoxy) is 2. The molecular formula is C18H27N5O4. The standard InChI is InChI=1S/C18H27N5O4/c1-22(2)16(24)13-21-17(19-8-10-26-3)20-12-14-4-6-15(7-5-14)23-9-11-27-18(23)25/h4-7H,8-13H2,1-3H3,(H2,19,20,21). The molecule has 27 heavy (non-hydrogen) atoms. The Morgan fingerprint density at radius 2 is 2.04 bits per heavy atom. The third kappa shape index (κ3) is 6.45. The van der Waals surface area contributed by atoms with Crippen molar-refractivity contribution >= 4 is 23.6 Å². The molecule has 1 aromatic carbocycles. The van der Waals surface area contributed by atoms with Gasteiger partial charge in [-0.2, -0.15) is 0 Å². The van der Waals surface area contributed by atoms with Crippen molar-refractivity contribution in [3.05, 3.63) is 29.8 Å². The average molecular weight is 377 g/mol. The van der Waals surface area contributed by atoms with Gasteiger partial charge in [0.15, 0.2) is 5.96 Å². The van der Waals surface area contributed by atoms with Crippen molar-refractivity contribution in [2.75, 3.05) is 59.0 Å². The molecule has 0 spiro atoms. The summed E-state index contributed by atoms with van der Waals surface area (Å²) in [5, 5.41) is 6.14. The fourth-order valence-corrected chi connectivity index (χ4v) is 2.34. The van der Waals surface area contributed by atoms with E-state index < -0.39 is 0 Å². The topological polar surface area (TPSA) is 95.5 Å². The van der Waals surface area contributed by atoms with Gasteiger partial charge in [-0.1, -0.05) is 12.1 Å². The Balaban J connectivity index is 1.96. The predicted molar refractivity (Wildman–Crippen MR) is 103 cm³/mol. The van der Waals surface area contributed by atoms with Crippen LogP contribution in [0.5, 0.6) is 0 Å². The molecule has 9 nitrogen and oxygen atoms in total. The van der Waals surface area contributed by atoms with Crippen molar-refractivity contribution in [1.29, 1.82) is 0 Å². The molecule has 1 heterocycles. The Hall–Kier alpha value is -2.81. The lowest BCUT2D eigenvalue weighted by atomic mass is 10.2. The second-order valence-corrected chi connectivity index (χ2v) is 6.16. The van der Waals surface area contributed by atoms with Crippen molar-refractivity contribution in [3.8, 4) is 0 Å². The number of likely N-dealkylation sites (N-methyl/N-ethyl adjacent to an activating group) is 1. The number of rotatable bonds is 8. The van der Waals surface area contributed by atoms with Gasteiger partial charge in [0.25, 0.3) is 0 Å². The molecule has 2 N–H and O–H groups in total. The maximum atomic E-state index is 11.8. The van der Waals surface area contributed by atoms with Crippen molar-refractivity contribution in [3.63, 3.8) is 0 Å². The van der Waals surface area contributed by atoms with Crippen molar-refractivity contribution in [2.45, 2.75) is 6.54 Å². The highest BCUT2D eigenvalue weighted by Gasteiger charge is 2.23. The Morgan fingerprint density at radius 1 is 1.30 bits per heavy atom. The van der Waals surface area contributed by atoms with Gasteiger partial charge in [-0.3, -0.25) is 9.69 Å². The van der Waals surface area contributed by atoms with E-state index in [4.69, 9.17) is 9.47 Å². The molecule has 1 fully saturated rings. The number of hydrogen-bond acceptors (Lipinski definition) is 5. The van der Waals surface area contributed by atoms with Crippen LogP contribution < -0.4 is 15.5 Å². The minimum absolute atomic E-state index is 0.0434. The lowest BCUT2D eigenvalue weighted by Crippen LogP contribution is -2.43. The first-order valence-electron chi connectivity index (χ1n) is 8.75. The monoisotopic (exact) mass is 377 g/mol. The lowest BCUT2D eigenvalue weighted by Gasteiger charge is -2.15. The molecule has 0 unspecified atom stereocenters. The van der Waals surface area contributed by atoms with E-state index in [-0.39, 0.29) is 18.5 Å². The number of carbonyl (C=O) groups is 2. The van der Waals surface area contributed by atoms with Crippen LogP contribution >= 0.6 is 0 Å². The zero-order chi connectivity index (χ0) is 19.6. The quantitative estimate of drug-likeness (QED) is 0.387. The number of amides is 2. The summed E-state index contributed by atoms with van der Waals surface area (Å²) >= 11 is 0. The number of methoxy groups -OCH3 is 1. The lowest BCUT2D eigenvalue weighted by molar-refractivity contribution is -0.127. The second kappa shape index (κ2) is 10.4. The number of cyclic esters (lactones) is 1. The first kappa shape index (κ1) is 20.5. The largest absolute Gasteiger partial charge is 0.447 e. The molecule has 0 aromatic heterocycles. The van der Waals surface area contributed by atoms with Gasteiger partial charge in [-0.05, 0) is 17.7 Å². The molecular weight excluding hydrogens is 350 g/mol. The summed E-state index contributed by atoms with van der Waals surface area (Å²) in [5.74, 6) is 0.493. The van der Waals surface area contributed by atoms with Crippen molar-refractivity contribution in [1.82, 2.24) is 15.5 Å². The molecule has 1 aliphatic heterocycles. The Kier molecular flexibility index (Phi) is 7.87. The van der Waals surface area contributed by atoms with Crippen LogP contribution in [0.3, 0.4) is 0 Å². The minimum Gasteiger partial charge on any atom is -0.447 e. The molecule has 148 valence electrons. The number of benzene rings is 1. The number of anilines is 1. The van der Waals surface area contributed by atoms with Gasteiger partial charge in [0.2, 0.25) is 5.91 Å². The Bertz CT molecular complexity index is 660. The van der Waals surface area contributed by atoms with Crippen LogP contribution in [0.15, 0.2) is 29.3 Å². The number of nitrogens with one attached hydrogen (secondary N) is 2. The van der Waals surface area contributed by atoms with Crippen LogP contribution in [0.25, 0.3) is 0 Å². The molecule has 0 atom stereocenters. The van der Waals surface area contributed by atoms with Gasteiger partial charge in [-0.25, -0.2) is 9.79 Å². The van der Waals surface area contributed by atoms with Crippen LogP contribution in [0, 0.1) is 0 Å². The Morgan fingerprint density at radius 3 is 2.63 bits per heavy atom. The van der Waals surface area contributed by atoms with Gasteiger partial charge in [-0.15, -0.1) is 0 Å². The molecule has 0 radical (unpaired) electrons. The van der Waals surface area contributed by atoms with E-state index in [1.807, 2.05) is 24.3 Å². The number of nitrogens with zero attached hydrogens (tertiary/aromatic N) is 3. The van der Waals surface area contributed by atoms with E-state index in [1.54, 1.807) is 26.1 Å². The number of carbonyl (C=O) groups excluding carboxylic acids is 2. The minimum atomic E-state index is -0.319. The summed E-state index contributed by atoms with van der Waals surface area (Å²) in [6.07, 6.45) is -0.319. The zero-order valence-electron chi connectivity index (χ0n) is 16.0. The van der Waals surface area contributed by atoms with Crippen LogP contribution in [-0.2, 0) is 20.8 Å². The third-order valence-corrected chi connectivity index (χ3v) is 3.93. The molecule has 0 aliphatic carbocycles. The third-order valence-electron chi connectivity index (χ3n) is 3.93. The second-order valence-electron chi connectivity index (χ2n) is 6.16. The first-order valence-corrected chi connectivity index (χ1v) is 8.75. The molecule has 0 bridgehead atoms. The fraction of sp³-hybridized carbons (Fsp3) is 0.500. The van der Waals surface area contributed by atoms with Gasteiger partial charge >= 0.3 is 6.09 Å². The van der Waals surface area contributed by atoms with E-state index in [0.29, 0.717) is 38.8 Å². The smallest absolute Gasteiger partial charge is 0.414 e. The normalized spacial score (nSPS) is 14.1. The molecule has 1 saturated heterocycles. The van der Waals surface area contributed by atoms with E-state index in [2.05, 4.69) is 15.6 Å². The van der Waals surface area contributed by atoms with Gasteiger partial charge in [0, 0.05) is 33.4 Å². The van der Waals surface area contributed by atoms with E-state index in [9.17, 15) is 9.59 Å². The van der Waals surface area contributed by atoms with Gasteiger partial charge in [0.05, 0.1) is 26.2 Å². The molecule has 2 rings (SSSR count). The number of guanidine groups is 1. The van der Waals surface area contributed by atoms with Crippen molar-refractivity contribution < 1.29 is 19.1 Å². The van der Waals surface area contributed by atoms with Crippen LogP contribution in [-0.4, -0.2) is 76.9 Å². The summed E-state index contributed by atoms with van der Waals surface area (Å²) in [6.45, 7) is 2.68. The molecule has 1 aromatic rings. The van der Waals surface area contributed by atoms with Crippen LogP contribution in [0.1, 0.15) is 5.56 Å². The molecule has 0 saturated carbocycles. The maximum Gasteiger partial charge on any atom is 0.414 e. The molecule has 2 amide bonds. The van der Waals surface area contributed by atoms with Crippen molar-refractivity contribution in [2.24, 2.45) is 4.99 Å².